The third kappa shape index (κ3) is 8.54. The zero-order valence-electron chi connectivity index (χ0n) is 32.7. The van der Waals surface area contributed by atoms with E-state index in [0.717, 1.165) is 24.0 Å². The Hall–Kier alpha value is -4.59. The number of benzene rings is 1. The van der Waals surface area contributed by atoms with Gasteiger partial charge in [-0.3, -0.25) is 28.7 Å². The second-order valence-corrected chi connectivity index (χ2v) is 19.3. The van der Waals surface area contributed by atoms with Crippen molar-refractivity contribution in [2.75, 3.05) is 19.6 Å². The number of esters is 1. The maximum atomic E-state index is 14.7. The molecule has 0 bridgehead atoms. The van der Waals surface area contributed by atoms with E-state index in [1.165, 1.54) is 4.90 Å². The van der Waals surface area contributed by atoms with Gasteiger partial charge in [0.15, 0.2) is 0 Å². The number of fused-ring (bicyclic) bond motifs is 4. The fraction of sp³-hybridized carbons (Fsp3) is 0.571. The van der Waals surface area contributed by atoms with E-state index in [0.29, 0.717) is 37.8 Å². The lowest BCUT2D eigenvalue weighted by Crippen LogP contribution is -2.58. The molecule has 2 saturated carbocycles. The van der Waals surface area contributed by atoms with Gasteiger partial charge in [0.05, 0.1) is 17.4 Å². The summed E-state index contributed by atoms with van der Waals surface area (Å²) in [4.78, 5) is 78.3. The van der Waals surface area contributed by atoms with Crippen LogP contribution in [-0.4, -0.2) is 94.9 Å². The van der Waals surface area contributed by atoms with Gasteiger partial charge in [-0.15, -0.1) is 0 Å². The highest BCUT2D eigenvalue weighted by Crippen LogP contribution is 2.47. The molecule has 5 aliphatic rings. The molecule has 13 nitrogen and oxygen atoms in total. The molecule has 300 valence electrons. The topological polar surface area (TPSA) is 172 Å². The third-order valence-corrected chi connectivity index (χ3v) is 13.5. The van der Waals surface area contributed by atoms with Gasteiger partial charge in [-0.25, -0.2) is 13.4 Å². The second-order valence-electron chi connectivity index (χ2n) is 17.3. The minimum Gasteiger partial charge on any atom is -0.460 e. The molecular formula is C42H53N5O8S. The Bertz CT molecular complexity index is 2040. The normalized spacial score (nSPS) is 28.8. The molecule has 4 amide bonds. The molecule has 14 heteroatoms. The van der Waals surface area contributed by atoms with E-state index >= 15 is 0 Å². The Morgan fingerprint density at radius 3 is 2.50 bits per heavy atom. The summed E-state index contributed by atoms with van der Waals surface area (Å²) >= 11 is 0. The van der Waals surface area contributed by atoms with Crippen LogP contribution in [0.1, 0.15) is 94.6 Å². The third-order valence-electron chi connectivity index (χ3n) is 11.7. The highest BCUT2D eigenvalue weighted by Gasteiger charge is 2.63. The summed E-state index contributed by atoms with van der Waals surface area (Å²) < 4.78 is 33.7. The van der Waals surface area contributed by atoms with E-state index in [1.54, 1.807) is 37.8 Å². The predicted octanol–water partition coefficient (Wildman–Crippen LogP) is 4.31. The van der Waals surface area contributed by atoms with Crippen LogP contribution in [0.3, 0.4) is 0 Å². The zero-order chi connectivity index (χ0) is 40.0. The first-order chi connectivity index (χ1) is 26.5. The highest BCUT2D eigenvalue weighted by atomic mass is 32.2. The minimum absolute atomic E-state index is 0.142. The summed E-state index contributed by atoms with van der Waals surface area (Å²) in [6, 6.07) is 12.1. The van der Waals surface area contributed by atoms with Crippen molar-refractivity contribution in [3.05, 3.63) is 65.9 Å². The summed E-state index contributed by atoms with van der Waals surface area (Å²) in [6.45, 7) is 7.92. The summed E-state index contributed by atoms with van der Waals surface area (Å²) in [7, 11) is -3.90. The van der Waals surface area contributed by atoms with Gasteiger partial charge in [-0.1, -0.05) is 54.8 Å². The summed E-state index contributed by atoms with van der Waals surface area (Å²) in [5.41, 5.74) is 0.625. The van der Waals surface area contributed by atoms with Crippen LogP contribution >= 0.6 is 0 Å². The van der Waals surface area contributed by atoms with Gasteiger partial charge in [0.1, 0.15) is 22.9 Å². The van der Waals surface area contributed by atoms with Crippen LogP contribution in [0.4, 0.5) is 0 Å². The van der Waals surface area contributed by atoms with E-state index in [1.807, 2.05) is 49.4 Å². The molecule has 1 aromatic heterocycles. The number of likely N-dealkylation sites (tertiary alicyclic amines) is 1. The zero-order valence-corrected chi connectivity index (χ0v) is 33.5. The number of rotatable bonds is 7. The molecule has 4 fully saturated rings. The molecule has 1 aromatic carbocycles. The number of hydrogen-bond donors (Lipinski definition) is 2. The van der Waals surface area contributed by atoms with Crippen LogP contribution in [0.15, 0.2) is 54.6 Å². The number of nitrogens with one attached hydrogen (secondary N) is 2. The fourth-order valence-corrected chi connectivity index (χ4v) is 10.00. The van der Waals surface area contributed by atoms with Crippen molar-refractivity contribution >= 4 is 39.6 Å². The fourth-order valence-electron chi connectivity index (χ4n) is 8.63. The molecular weight excluding hydrogens is 735 g/mol. The Morgan fingerprint density at radius 1 is 1.00 bits per heavy atom. The van der Waals surface area contributed by atoms with Gasteiger partial charge in [0.25, 0.3) is 11.8 Å². The number of ether oxygens (including phenoxy) is 1. The minimum atomic E-state index is -3.90. The Balaban J connectivity index is 1.18. The van der Waals surface area contributed by atoms with Crippen molar-refractivity contribution in [2.24, 2.45) is 23.7 Å². The molecule has 2 aromatic rings. The maximum Gasteiger partial charge on any atom is 0.307 e. The lowest BCUT2D eigenvalue weighted by Gasteiger charge is -2.33. The Kier molecular flexibility index (Phi) is 10.9. The standard InChI is InChI=1S/C42H53N5O8S/c1-26-12-10-14-27(20-26)33-16-11-17-34(43-33)39(51)46-23-29-24-47-36(32(29)25-46)37(49)44-42(40(52)45-56(53,54)31-18-19-31)22-30(42)15-9-7-5-6-8-13-28(38(47)50)21-35(48)55-41(2,3)4/h9-12,14-17,20,28-32,36H,5-8,13,18-19,21-25H2,1-4H3,(H,44,49)(H,45,52)/b15-9-/t28-,29-,30+,32-,36-,42+/m0/s1. The van der Waals surface area contributed by atoms with Gasteiger partial charge in [0.2, 0.25) is 21.8 Å². The molecule has 56 heavy (non-hydrogen) atoms. The molecule has 3 aliphatic heterocycles. The van der Waals surface area contributed by atoms with Crippen LogP contribution in [0.5, 0.6) is 0 Å². The molecule has 4 heterocycles. The van der Waals surface area contributed by atoms with Gasteiger partial charge in [-0.05, 0) is 84.4 Å². The first-order valence-corrected chi connectivity index (χ1v) is 21.5. The number of sulfonamides is 1. The lowest BCUT2D eigenvalue weighted by atomic mass is 9.92. The van der Waals surface area contributed by atoms with Crippen molar-refractivity contribution in [3.63, 3.8) is 0 Å². The van der Waals surface area contributed by atoms with Gasteiger partial charge < -0.3 is 19.9 Å². The molecule has 2 aliphatic carbocycles. The monoisotopic (exact) mass is 787 g/mol. The lowest BCUT2D eigenvalue weighted by molar-refractivity contribution is -0.159. The average Bonchev–Trinajstić information content (AvgIpc) is 4.03. The number of nitrogens with zero attached hydrogens (tertiary/aromatic N) is 3. The van der Waals surface area contributed by atoms with E-state index in [2.05, 4.69) is 10.0 Å². The predicted molar refractivity (Wildman–Crippen MR) is 208 cm³/mol. The van der Waals surface area contributed by atoms with Gasteiger partial charge in [0, 0.05) is 48.9 Å². The molecule has 6 atom stereocenters. The largest absolute Gasteiger partial charge is 0.460 e. The number of carbonyl (C=O) groups is 5. The van der Waals surface area contributed by atoms with Crippen LogP contribution in [-0.2, 0) is 33.9 Å². The number of amides is 4. The Morgan fingerprint density at radius 2 is 1.77 bits per heavy atom. The Labute approximate surface area is 329 Å². The SMILES string of the molecule is Cc1cccc(-c2cccc(C(=O)N3C[C@H]4CN5C(=O)[C@H](CC(=O)OC(C)(C)C)CCCCC/C=C\[C@@H]6C[C@@]6(C(=O)NS(=O)(=O)C6CC6)NC(=O)[C@@H]5[C@H]4C3)n2)c1. The number of pyridine rings is 1. The van der Waals surface area contributed by atoms with Crippen LogP contribution < -0.4 is 10.0 Å². The van der Waals surface area contributed by atoms with E-state index in [-0.39, 0.29) is 55.9 Å². The molecule has 2 saturated heterocycles. The van der Waals surface area contributed by atoms with Crippen LogP contribution in [0.25, 0.3) is 11.3 Å². The van der Waals surface area contributed by atoms with Crippen molar-refractivity contribution in [3.8, 4) is 11.3 Å². The van der Waals surface area contributed by atoms with E-state index < -0.39 is 68.0 Å². The highest BCUT2D eigenvalue weighted by molar-refractivity contribution is 7.91. The van der Waals surface area contributed by atoms with Gasteiger partial charge in [-0.2, -0.15) is 0 Å². The molecule has 0 unspecified atom stereocenters. The number of aromatic nitrogens is 1. The van der Waals surface area contributed by atoms with Crippen molar-refractivity contribution in [1.29, 1.82) is 0 Å². The second kappa shape index (κ2) is 15.4. The first-order valence-electron chi connectivity index (χ1n) is 19.9. The van der Waals surface area contributed by atoms with E-state index in [9.17, 15) is 32.4 Å². The number of hydrogen-bond acceptors (Lipinski definition) is 9. The smallest absolute Gasteiger partial charge is 0.307 e. The van der Waals surface area contributed by atoms with Crippen molar-refractivity contribution in [2.45, 2.75) is 108 Å². The first kappa shape index (κ1) is 39.6. The van der Waals surface area contributed by atoms with E-state index in [4.69, 9.17) is 9.72 Å². The quantitative estimate of drug-likeness (QED) is 0.307. The number of allylic oxidation sites excluding steroid dienone is 1. The number of aryl methyl sites for hydroxylation is 1. The molecule has 2 N–H and O–H groups in total. The molecule has 7 rings (SSSR count). The van der Waals surface area contributed by atoms with Crippen LogP contribution in [0.2, 0.25) is 0 Å². The molecule has 0 spiro atoms. The van der Waals surface area contributed by atoms with Crippen molar-refractivity contribution in [1.82, 2.24) is 24.8 Å². The average molecular weight is 788 g/mol. The molecule has 0 radical (unpaired) electrons. The maximum absolute atomic E-state index is 14.7. The summed E-state index contributed by atoms with van der Waals surface area (Å²) in [5, 5.41) is 2.32. The summed E-state index contributed by atoms with van der Waals surface area (Å²) in [6.07, 6.45) is 8.31. The van der Waals surface area contributed by atoms with Crippen LogP contribution in [0, 0.1) is 30.6 Å². The summed E-state index contributed by atoms with van der Waals surface area (Å²) in [5.74, 6) is -4.41. The van der Waals surface area contributed by atoms with Gasteiger partial charge >= 0.3 is 5.97 Å². The van der Waals surface area contributed by atoms with Crippen molar-refractivity contribution < 1.29 is 37.1 Å². The number of carbonyl (C=O) groups excluding carboxylic acids is 5.